The molecular weight excluding hydrogens is 489 g/mol. The van der Waals surface area contributed by atoms with E-state index in [2.05, 4.69) is 16.0 Å². The Morgan fingerprint density at radius 1 is 1.14 bits per heavy atom. The van der Waals surface area contributed by atoms with Crippen molar-refractivity contribution in [3.05, 3.63) is 64.9 Å². The average molecular weight is 518 g/mol. The Morgan fingerprint density at radius 3 is 2.58 bits per heavy atom. The standard InChI is InChI=1S/C26H29ClFN3O5/c27-18-7-6-17(12-19(18)28)35-15-22(33)30-26-10-8-25(9-11-26,13-21(26)32)31-23(34)20-14-36-24(29-20)16-4-2-1-3-5-16/h1-7,12,20-21,24,29,32H,8-11,13-15H2,(H,30,33)(H,31,34)/t20?,21-,24?,25?,26?/m0/s1. The van der Waals surface area contributed by atoms with Crippen molar-refractivity contribution < 1.29 is 28.6 Å². The van der Waals surface area contributed by atoms with E-state index in [9.17, 15) is 19.1 Å². The largest absolute Gasteiger partial charge is 0.484 e. The van der Waals surface area contributed by atoms with E-state index in [1.54, 1.807) is 0 Å². The number of carbonyl (C=O) groups is 2. The number of fused-ring (bicyclic) bond motifs is 3. The molecule has 3 aliphatic carbocycles. The van der Waals surface area contributed by atoms with E-state index in [1.807, 2.05) is 30.3 Å². The minimum absolute atomic E-state index is 0.0268. The smallest absolute Gasteiger partial charge is 0.258 e. The number of halogens is 2. The van der Waals surface area contributed by atoms with Gasteiger partial charge in [-0.05, 0) is 49.8 Å². The van der Waals surface area contributed by atoms with Crippen molar-refractivity contribution in [1.82, 2.24) is 16.0 Å². The molecule has 2 unspecified atom stereocenters. The Hall–Kier alpha value is -2.72. The fraction of sp³-hybridized carbons (Fsp3) is 0.462. The molecule has 10 heteroatoms. The first-order chi connectivity index (χ1) is 17.3. The molecule has 4 N–H and O–H groups in total. The van der Waals surface area contributed by atoms with E-state index in [0.717, 1.165) is 11.6 Å². The average Bonchev–Trinajstić information content (AvgIpc) is 3.37. The highest BCUT2D eigenvalue weighted by Crippen LogP contribution is 2.47. The molecule has 3 saturated carbocycles. The number of nitrogens with one attached hydrogen (secondary N) is 3. The maximum Gasteiger partial charge on any atom is 0.258 e. The predicted octanol–water partition coefficient (Wildman–Crippen LogP) is 2.59. The molecule has 3 atom stereocenters. The summed E-state index contributed by atoms with van der Waals surface area (Å²) in [5.74, 6) is -0.987. The van der Waals surface area contributed by atoms with Gasteiger partial charge < -0.3 is 25.2 Å². The van der Waals surface area contributed by atoms with Crippen LogP contribution < -0.4 is 20.7 Å². The maximum atomic E-state index is 13.6. The normalized spacial score (nSPS) is 31.1. The van der Waals surface area contributed by atoms with Crippen molar-refractivity contribution >= 4 is 23.4 Å². The Bertz CT molecular complexity index is 1130. The number of aliphatic hydroxyl groups excluding tert-OH is 1. The Morgan fingerprint density at radius 2 is 1.89 bits per heavy atom. The van der Waals surface area contributed by atoms with Crippen LogP contribution in [0.4, 0.5) is 4.39 Å². The first-order valence-electron chi connectivity index (χ1n) is 12.1. The highest BCUT2D eigenvalue weighted by atomic mass is 35.5. The summed E-state index contributed by atoms with van der Waals surface area (Å²) in [7, 11) is 0. The fourth-order valence-corrected chi connectivity index (χ4v) is 5.60. The lowest BCUT2D eigenvalue weighted by molar-refractivity contribution is -0.136. The number of hydrogen-bond acceptors (Lipinski definition) is 6. The van der Waals surface area contributed by atoms with Crippen LogP contribution in [0, 0.1) is 5.82 Å². The highest BCUT2D eigenvalue weighted by molar-refractivity contribution is 6.30. The molecule has 4 aliphatic rings. The molecule has 0 aromatic heterocycles. The van der Waals surface area contributed by atoms with Gasteiger partial charge in [-0.25, -0.2) is 4.39 Å². The molecule has 1 aliphatic heterocycles. The number of amides is 2. The van der Waals surface area contributed by atoms with Crippen LogP contribution in [-0.2, 0) is 14.3 Å². The van der Waals surface area contributed by atoms with Crippen LogP contribution in [0.3, 0.4) is 0 Å². The van der Waals surface area contributed by atoms with Gasteiger partial charge >= 0.3 is 0 Å². The third-order valence-electron chi connectivity index (χ3n) is 7.56. The topological polar surface area (TPSA) is 109 Å². The van der Waals surface area contributed by atoms with E-state index in [1.165, 1.54) is 12.1 Å². The lowest BCUT2D eigenvalue weighted by Crippen LogP contribution is -2.71. The number of aliphatic hydroxyl groups is 1. The van der Waals surface area contributed by atoms with Gasteiger partial charge in [-0.15, -0.1) is 0 Å². The third-order valence-corrected chi connectivity index (χ3v) is 7.87. The van der Waals surface area contributed by atoms with Gasteiger partial charge in [-0.3, -0.25) is 14.9 Å². The van der Waals surface area contributed by atoms with E-state index < -0.39 is 34.9 Å². The molecule has 0 radical (unpaired) electrons. The first-order valence-corrected chi connectivity index (χ1v) is 12.5. The van der Waals surface area contributed by atoms with Crippen molar-refractivity contribution in [2.45, 2.75) is 61.6 Å². The van der Waals surface area contributed by atoms with Crippen LogP contribution in [0.1, 0.15) is 43.9 Å². The fourth-order valence-electron chi connectivity index (χ4n) is 5.48. The SMILES string of the molecule is O=C(COc1ccc(Cl)c(F)c1)NC12CCC(NC(=O)C3COC(c4ccccc4)N3)(CC1)C[C@@H]2O. The van der Waals surface area contributed by atoms with Crippen molar-refractivity contribution in [1.29, 1.82) is 0 Å². The van der Waals surface area contributed by atoms with E-state index in [0.29, 0.717) is 32.1 Å². The lowest BCUT2D eigenvalue weighted by Gasteiger charge is -2.56. The van der Waals surface area contributed by atoms with Gasteiger partial charge in [0.25, 0.3) is 5.91 Å². The van der Waals surface area contributed by atoms with Crippen LogP contribution in [0.2, 0.25) is 5.02 Å². The highest BCUT2D eigenvalue weighted by Gasteiger charge is 2.55. The summed E-state index contributed by atoms with van der Waals surface area (Å²) in [4.78, 5) is 25.6. The molecule has 1 heterocycles. The van der Waals surface area contributed by atoms with Crippen molar-refractivity contribution in [2.24, 2.45) is 0 Å². The molecule has 2 bridgehead atoms. The number of benzene rings is 2. The van der Waals surface area contributed by atoms with Gasteiger partial charge in [-0.1, -0.05) is 41.9 Å². The van der Waals surface area contributed by atoms with Crippen LogP contribution in [0.5, 0.6) is 5.75 Å². The minimum atomic E-state index is -0.818. The summed E-state index contributed by atoms with van der Waals surface area (Å²) in [6, 6.07) is 13.1. The molecule has 2 aromatic rings. The number of hydrogen-bond donors (Lipinski definition) is 4. The van der Waals surface area contributed by atoms with Gasteiger partial charge in [-0.2, -0.15) is 0 Å². The van der Waals surface area contributed by atoms with Crippen LogP contribution in [-0.4, -0.2) is 53.4 Å². The van der Waals surface area contributed by atoms with Crippen LogP contribution >= 0.6 is 11.6 Å². The molecule has 36 heavy (non-hydrogen) atoms. The summed E-state index contributed by atoms with van der Waals surface area (Å²) in [5, 5.41) is 20.3. The number of rotatable bonds is 7. The van der Waals surface area contributed by atoms with Crippen molar-refractivity contribution in [2.75, 3.05) is 13.2 Å². The second-order valence-electron chi connectivity index (χ2n) is 9.90. The third kappa shape index (κ3) is 5.06. The molecule has 8 nitrogen and oxygen atoms in total. The van der Waals surface area contributed by atoms with Crippen LogP contribution in [0.15, 0.2) is 48.5 Å². The molecule has 2 aromatic carbocycles. The predicted molar refractivity (Wildman–Crippen MR) is 130 cm³/mol. The Balaban J connectivity index is 1.13. The van der Waals surface area contributed by atoms with Crippen molar-refractivity contribution in [3.63, 3.8) is 0 Å². The molecule has 4 fully saturated rings. The monoisotopic (exact) mass is 517 g/mol. The van der Waals surface area contributed by atoms with Gasteiger partial charge in [0.2, 0.25) is 5.91 Å². The summed E-state index contributed by atoms with van der Waals surface area (Å²) in [6.45, 7) is -0.0467. The Labute approximate surface area is 213 Å². The zero-order valence-corrected chi connectivity index (χ0v) is 20.4. The van der Waals surface area contributed by atoms with Crippen LogP contribution in [0.25, 0.3) is 0 Å². The zero-order valence-electron chi connectivity index (χ0n) is 19.6. The molecule has 1 saturated heterocycles. The second-order valence-corrected chi connectivity index (χ2v) is 10.3. The van der Waals surface area contributed by atoms with Gasteiger partial charge in [0.15, 0.2) is 6.61 Å². The minimum Gasteiger partial charge on any atom is -0.484 e. The summed E-state index contributed by atoms with van der Waals surface area (Å²) in [5.41, 5.74) is -0.333. The summed E-state index contributed by atoms with van der Waals surface area (Å²) >= 11 is 5.67. The molecule has 192 valence electrons. The molecule has 6 rings (SSSR count). The summed E-state index contributed by atoms with van der Waals surface area (Å²) in [6.07, 6.45) is 1.51. The number of ether oxygens (including phenoxy) is 2. The Kier molecular flexibility index (Phi) is 6.91. The molecular formula is C26H29ClFN3O5. The molecule has 0 spiro atoms. The zero-order chi connectivity index (χ0) is 25.3. The quantitative estimate of drug-likeness (QED) is 0.449. The van der Waals surface area contributed by atoms with Gasteiger partial charge in [0.1, 0.15) is 23.8 Å². The number of carbonyl (C=O) groups excluding carboxylic acids is 2. The van der Waals surface area contributed by atoms with Gasteiger partial charge in [0, 0.05) is 11.6 Å². The van der Waals surface area contributed by atoms with Crippen molar-refractivity contribution in [3.8, 4) is 5.75 Å². The van der Waals surface area contributed by atoms with Gasteiger partial charge in [0.05, 0.1) is 23.3 Å². The van der Waals surface area contributed by atoms with E-state index in [-0.39, 0.29) is 36.1 Å². The molecule has 2 amide bonds. The second kappa shape index (κ2) is 9.97. The van der Waals surface area contributed by atoms with E-state index >= 15 is 0 Å². The first kappa shape index (κ1) is 25.0. The lowest BCUT2D eigenvalue weighted by atomic mass is 9.60. The van der Waals surface area contributed by atoms with E-state index in [4.69, 9.17) is 21.1 Å². The maximum absolute atomic E-state index is 13.6. The summed E-state index contributed by atoms with van der Waals surface area (Å²) < 4.78 is 24.7.